The molecule has 0 saturated carbocycles. The molecule has 3 nitrogen and oxygen atoms in total. The van der Waals surface area contributed by atoms with Crippen LogP contribution in [0.3, 0.4) is 0 Å². The lowest BCUT2D eigenvalue weighted by molar-refractivity contribution is 0.620. The number of nitrogens with zero attached hydrogens (tertiary/aromatic N) is 2. The third kappa shape index (κ3) is 3.87. The lowest BCUT2D eigenvalue weighted by Gasteiger charge is -2.14. The zero-order valence-electron chi connectivity index (χ0n) is 17.6. The van der Waals surface area contributed by atoms with E-state index in [1.54, 1.807) is 22.0 Å². The minimum absolute atomic E-state index is 0.0894. The van der Waals surface area contributed by atoms with Gasteiger partial charge in [-0.05, 0) is 35.7 Å². The summed E-state index contributed by atoms with van der Waals surface area (Å²) in [6, 6.07) is 26.3. The van der Waals surface area contributed by atoms with Crippen molar-refractivity contribution in [3.63, 3.8) is 0 Å². The molecule has 0 aliphatic heterocycles. The van der Waals surface area contributed by atoms with Gasteiger partial charge in [0.05, 0.1) is 11.9 Å². The molecule has 158 valence electrons. The van der Waals surface area contributed by atoms with E-state index in [4.69, 9.17) is 4.98 Å². The maximum atomic E-state index is 13.9. The van der Waals surface area contributed by atoms with E-state index in [0.29, 0.717) is 17.6 Å². The van der Waals surface area contributed by atoms with Crippen LogP contribution in [0.15, 0.2) is 89.7 Å². The number of aryl methyl sites for hydroxylation is 1. The van der Waals surface area contributed by atoms with Crippen molar-refractivity contribution < 1.29 is 4.39 Å². The molecule has 0 atom stereocenters. The summed E-state index contributed by atoms with van der Waals surface area (Å²) in [5, 5.41) is 0.631. The average molecular weight is 441 g/mol. The van der Waals surface area contributed by atoms with Crippen molar-refractivity contribution in [3.8, 4) is 11.1 Å². The van der Waals surface area contributed by atoms with E-state index < -0.39 is 0 Å². The van der Waals surface area contributed by atoms with Crippen molar-refractivity contribution in [1.82, 2.24) is 9.55 Å². The van der Waals surface area contributed by atoms with E-state index in [-0.39, 0.29) is 17.9 Å². The van der Waals surface area contributed by atoms with Gasteiger partial charge in [0.1, 0.15) is 16.5 Å². The van der Waals surface area contributed by atoms with Gasteiger partial charge in [-0.3, -0.25) is 9.36 Å². The number of hydrogen-bond acceptors (Lipinski definition) is 3. The maximum absolute atomic E-state index is 13.9. The minimum Gasteiger partial charge on any atom is -0.291 e. The van der Waals surface area contributed by atoms with Gasteiger partial charge in [-0.2, -0.15) is 0 Å². The van der Waals surface area contributed by atoms with Gasteiger partial charge in [0.25, 0.3) is 5.56 Å². The van der Waals surface area contributed by atoms with Crippen LogP contribution < -0.4 is 5.56 Å². The van der Waals surface area contributed by atoms with Crippen molar-refractivity contribution in [2.45, 2.75) is 19.9 Å². The number of rotatable bonds is 5. The number of thiophene rings is 1. The predicted molar refractivity (Wildman–Crippen MR) is 129 cm³/mol. The van der Waals surface area contributed by atoms with E-state index in [9.17, 15) is 9.18 Å². The Hall–Kier alpha value is -3.57. The summed E-state index contributed by atoms with van der Waals surface area (Å²) in [7, 11) is 0. The fraction of sp³-hybridized carbons (Fsp3) is 0.111. The SMILES string of the molecule is Cc1sc2nc(Cc3ccccc3)n(Cc3cccc(F)c3)c(=O)c2c1-c1ccccc1. The van der Waals surface area contributed by atoms with E-state index in [1.165, 1.54) is 12.1 Å². The topological polar surface area (TPSA) is 34.9 Å². The zero-order chi connectivity index (χ0) is 22.1. The first-order chi connectivity index (χ1) is 15.6. The van der Waals surface area contributed by atoms with Crippen molar-refractivity contribution in [2.75, 3.05) is 0 Å². The Balaban J connectivity index is 1.74. The fourth-order valence-electron chi connectivity index (χ4n) is 4.08. The van der Waals surface area contributed by atoms with Gasteiger partial charge in [0.15, 0.2) is 0 Å². The first-order valence-electron chi connectivity index (χ1n) is 10.5. The molecule has 32 heavy (non-hydrogen) atoms. The van der Waals surface area contributed by atoms with Crippen LogP contribution in [-0.4, -0.2) is 9.55 Å². The smallest absolute Gasteiger partial charge is 0.263 e. The van der Waals surface area contributed by atoms with Crippen molar-refractivity contribution in [3.05, 3.63) is 123 Å². The molecule has 0 bridgehead atoms. The van der Waals surface area contributed by atoms with E-state index in [1.807, 2.05) is 73.7 Å². The molecular weight excluding hydrogens is 419 g/mol. The number of benzene rings is 3. The van der Waals surface area contributed by atoms with Gasteiger partial charge in [-0.1, -0.05) is 72.8 Å². The molecule has 0 N–H and O–H groups in total. The summed E-state index contributed by atoms with van der Waals surface area (Å²) in [6.07, 6.45) is 0.527. The van der Waals surface area contributed by atoms with Gasteiger partial charge < -0.3 is 0 Å². The third-order valence-electron chi connectivity index (χ3n) is 5.56. The molecule has 0 amide bonds. The zero-order valence-corrected chi connectivity index (χ0v) is 18.4. The van der Waals surface area contributed by atoms with Gasteiger partial charge in [0, 0.05) is 16.9 Å². The van der Waals surface area contributed by atoms with Crippen LogP contribution in [0.2, 0.25) is 0 Å². The Morgan fingerprint density at radius 1 is 0.906 bits per heavy atom. The normalized spacial score (nSPS) is 11.2. The number of fused-ring (bicyclic) bond motifs is 1. The Kier molecular flexibility index (Phi) is 5.41. The van der Waals surface area contributed by atoms with Crippen LogP contribution in [-0.2, 0) is 13.0 Å². The van der Waals surface area contributed by atoms with Crippen molar-refractivity contribution in [1.29, 1.82) is 0 Å². The molecule has 0 fully saturated rings. The van der Waals surface area contributed by atoms with Gasteiger partial charge >= 0.3 is 0 Å². The maximum Gasteiger partial charge on any atom is 0.263 e. The van der Waals surface area contributed by atoms with Gasteiger partial charge in [-0.15, -0.1) is 11.3 Å². The third-order valence-corrected chi connectivity index (χ3v) is 6.56. The summed E-state index contributed by atoms with van der Waals surface area (Å²) in [4.78, 5) is 20.6. The van der Waals surface area contributed by atoms with Crippen molar-refractivity contribution in [2.24, 2.45) is 0 Å². The molecule has 2 heterocycles. The highest BCUT2D eigenvalue weighted by Crippen LogP contribution is 2.35. The Morgan fingerprint density at radius 3 is 2.31 bits per heavy atom. The number of hydrogen-bond donors (Lipinski definition) is 0. The molecular formula is C27H21FN2OS. The summed E-state index contributed by atoms with van der Waals surface area (Å²) >= 11 is 1.55. The largest absolute Gasteiger partial charge is 0.291 e. The lowest BCUT2D eigenvalue weighted by atomic mass is 10.0. The van der Waals surface area contributed by atoms with Crippen LogP contribution in [0.25, 0.3) is 21.3 Å². The minimum atomic E-state index is -0.314. The van der Waals surface area contributed by atoms with Crippen LogP contribution in [0.4, 0.5) is 4.39 Å². The molecule has 2 aromatic heterocycles. The molecule has 0 aliphatic rings. The van der Waals surface area contributed by atoms with Gasteiger partial charge in [0.2, 0.25) is 0 Å². The second kappa shape index (κ2) is 8.52. The Labute approximate surface area is 189 Å². The monoisotopic (exact) mass is 440 g/mol. The molecule has 0 spiro atoms. The van der Waals surface area contributed by atoms with Gasteiger partial charge in [-0.25, -0.2) is 9.37 Å². The first-order valence-corrected chi connectivity index (χ1v) is 11.3. The molecule has 5 rings (SSSR count). The molecule has 0 aliphatic carbocycles. The Morgan fingerprint density at radius 2 is 1.59 bits per heavy atom. The lowest BCUT2D eigenvalue weighted by Crippen LogP contribution is -2.26. The standard InChI is InChI=1S/C27H21FN2OS/c1-18-24(21-12-6-3-7-13-21)25-26(32-18)29-23(16-19-9-4-2-5-10-19)30(27(25)31)17-20-11-8-14-22(28)15-20/h2-15H,16-17H2,1H3. The van der Waals surface area contributed by atoms with E-state index in [0.717, 1.165) is 32.0 Å². The second-order valence-electron chi connectivity index (χ2n) is 7.79. The summed E-state index contributed by atoms with van der Waals surface area (Å²) in [6.45, 7) is 2.30. The molecule has 0 radical (unpaired) electrons. The summed E-state index contributed by atoms with van der Waals surface area (Å²) < 4.78 is 15.6. The van der Waals surface area contributed by atoms with Crippen LogP contribution in [0, 0.1) is 12.7 Å². The molecule has 3 aromatic carbocycles. The molecule has 0 unspecified atom stereocenters. The van der Waals surface area contributed by atoms with Crippen LogP contribution in [0.5, 0.6) is 0 Å². The highest BCUT2D eigenvalue weighted by atomic mass is 32.1. The van der Waals surface area contributed by atoms with E-state index in [2.05, 4.69) is 0 Å². The average Bonchev–Trinajstić information content (AvgIpc) is 3.13. The molecule has 5 aromatic rings. The van der Waals surface area contributed by atoms with Crippen LogP contribution >= 0.6 is 11.3 Å². The highest BCUT2D eigenvalue weighted by Gasteiger charge is 2.20. The quantitative estimate of drug-likeness (QED) is 0.326. The molecule has 0 saturated heterocycles. The highest BCUT2D eigenvalue weighted by molar-refractivity contribution is 7.19. The number of halogens is 1. The predicted octanol–water partition coefficient (Wildman–Crippen LogP) is 6.21. The number of aromatic nitrogens is 2. The second-order valence-corrected chi connectivity index (χ2v) is 8.99. The first kappa shape index (κ1) is 20.3. The molecule has 5 heteroatoms. The fourth-order valence-corrected chi connectivity index (χ4v) is 5.14. The van der Waals surface area contributed by atoms with Crippen LogP contribution in [0.1, 0.15) is 21.8 Å². The Bertz CT molecular complexity index is 1460. The summed E-state index contributed by atoms with van der Waals surface area (Å²) in [5.74, 6) is 0.365. The van der Waals surface area contributed by atoms with Crippen molar-refractivity contribution >= 4 is 21.6 Å². The van der Waals surface area contributed by atoms with E-state index >= 15 is 0 Å². The summed E-state index contributed by atoms with van der Waals surface area (Å²) in [5.41, 5.74) is 3.65.